The molecule has 0 spiro atoms. The zero-order valence-electron chi connectivity index (χ0n) is 20.4. The minimum Gasteiger partial charge on any atom is -0.393 e. The maximum Gasteiger partial charge on any atom is 0.0849 e. The molecule has 4 aliphatic carbocycles. The Labute approximate surface area is 203 Å². The Kier molecular flexibility index (Phi) is 7.02. The molecule has 32 heavy (non-hydrogen) atoms. The van der Waals surface area contributed by atoms with Crippen LogP contribution in [0, 0.1) is 40.4 Å². The van der Waals surface area contributed by atoms with Gasteiger partial charge in [-0.05, 0) is 80.5 Å². The fourth-order valence-corrected chi connectivity index (χ4v) is 9.76. The molecular formula is C27H45BrO4. The van der Waals surface area contributed by atoms with Crippen molar-refractivity contribution in [1.29, 1.82) is 0 Å². The van der Waals surface area contributed by atoms with Crippen molar-refractivity contribution in [2.75, 3.05) is 6.61 Å². The fraction of sp³-hybridized carbons (Fsp3) is 0.926. The highest BCUT2D eigenvalue weighted by Gasteiger charge is 2.62. The van der Waals surface area contributed by atoms with Gasteiger partial charge in [0.2, 0.25) is 0 Å². The third-order valence-electron chi connectivity index (χ3n) is 10.6. The molecular weight excluding hydrogens is 468 g/mol. The van der Waals surface area contributed by atoms with Crippen LogP contribution < -0.4 is 0 Å². The van der Waals surface area contributed by atoms with Crippen LogP contribution in [0.4, 0.5) is 0 Å². The van der Waals surface area contributed by atoms with Crippen molar-refractivity contribution in [1.82, 2.24) is 0 Å². The molecule has 0 heterocycles. The molecule has 4 N–H and O–H groups in total. The van der Waals surface area contributed by atoms with E-state index in [0.717, 1.165) is 19.3 Å². The lowest BCUT2D eigenvalue weighted by Gasteiger charge is -2.60. The van der Waals surface area contributed by atoms with Gasteiger partial charge in [-0.3, -0.25) is 0 Å². The fourth-order valence-electron chi connectivity index (χ4n) is 8.71. The van der Waals surface area contributed by atoms with E-state index in [1.807, 2.05) is 0 Å². The first-order chi connectivity index (χ1) is 14.9. The Morgan fingerprint density at radius 1 is 1.19 bits per heavy atom. The molecule has 5 heteroatoms. The quantitative estimate of drug-likeness (QED) is 0.303. The van der Waals surface area contributed by atoms with Gasteiger partial charge in [0, 0.05) is 16.7 Å². The summed E-state index contributed by atoms with van der Waals surface area (Å²) in [5.41, 5.74) is 0.440. The van der Waals surface area contributed by atoms with Gasteiger partial charge in [-0.1, -0.05) is 61.2 Å². The Hall–Kier alpha value is 0.0600. The van der Waals surface area contributed by atoms with Gasteiger partial charge in [-0.2, -0.15) is 0 Å². The van der Waals surface area contributed by atoms with Crippen LogP contribution in [0.15, 0.2) is 11.6 Å². The summed E-state index contributed by atoms with van der Waals surface area (Å²) < 4.78 is 0. The highest BCUT2D eigenvalue weighted by atomic mass is 79.9. The van der Waals surface area contributed by atoms with E-state index in [0.29, 0.717) is 59.1 Å². The summed E-state index contributed by atoms with van der Waals surface area (Å²) in [6.07, 6.45) is 10.3. The molecule has 0 amide bonds. The van der Waals surface area contributed by atoms with Gasteiger partial charge in [-0.15, -0.1) is 0 Å². The molecule has 11 atom stereocenters. The Bertz CT molecular complexity index is 722. The summed E-state index contributed by atoms with van der Waals surface area (Å²) in [6.45, 7) is 8.77. The van der Waals surface area contributed by atoms with Crippen LogP contribution in [0.5, 0.6) is 0 Å². The van der Waals surface area contributed by atoms with Crippen LogP contribution >= 0.6 is 15.9 Å². The summed E-state index contributed by atoms with van der Waals surface area (Å²) in [5, 5.41) is 40.9. The second kappa shape index (κ2) is 8.93. The van der Waals surface area contributed by atoms with Crippen molar-refractivity contribution < 1.29 is 20.4 Å². The summed E-state index contributed by atoms with van der Waals surface area (Å²) in [5.74, 6) is 2.99. The van der Waals surface area contributed by atoms with Crippen LogP contribution in [0.2, 0.25) is 0 Å². The zero-order valence-corrected chi connectivity index (χ0v) is 22.0. The second-order valence-corrected chi connectivity index (χ2v) is 13.6. The van der Waals surface area contributed by atoms with E-state index in [4.69, 9.17) is 0 Å². The Balaban J connectivity index is 1.52. The average Bonchev–Trinajstić information content (AvgIpc) is 3.07. The number of fused-ring (bicyclic) bond motifs is 5. The monoisotopic (exact) mass is 512 g/mol. The molecule has 1 unspecified atom stereocenters. The van der Waals surface area contributed by atoms with E-state index in [2.05, 4.69) is 42.8 Å². The predicted molar refractivity (Wildman–Crippen MR) is 131 cm³/mol. The van der Waals surface area contributed by atoms with Crippen molar-refractivity contribution in [2.24, 2.45) is 40.4 Å². The van der Waals surface area contributed by atoms with Crippen LogP contribution in [-0.2, 0) is 0 Å². The normalized spacial score (nSPS) is 48.8. The van der Waals surface area contributed by atoms with Crippen molar-refractivity contribution in [3.63, 3.8) is 0 Å². The third-order valence-corrected chi connectivity index (χ3v) is 11.5. The molecule has 4 nitrogen and oxygen atoms in total. The van der Waals surface area contributed by atoms with Gasteiger partial charge in [0.25, 0.3) is 0 Å². The van der Waals surface area contributed by atoms with E-state index >= 15 is 0 Å². The summed E-state index contributed by atoms with van der Waals surface area (Å²) in [4.78, 5) is 0.325. The Morgan fingerprint density at radius 3 is 2.59 bits per heavy atom. The number of hydrogen-bond donors (Lipinski definition) is 4. The van der Waals surface area contributed by atoms with E-state index < -0.39 is 17.8 Å². The van der Waals surface area contributed by atoms with Crippen molar-refractivity contribution in [3.8, 4) is 0 Å². The molecule has 0 aromatic carbocycles. The molecule has 0 aliphatic heterocycles. The van der Waals surface area contributed by atoms with E-state index in [1.54, 1.807) is 6.92 Å². The minimum absolute atomic E-state index is 0.169. The molecule has 184 valence electrons. The third kappa shape index (κ3) is 4.06. The van der Waals surface area contributed by atoms with Crippen molar-refractivity contribution >= 4 is 15.9 Å². The molecule has 3 saturated carbocycles. The van der Waals surface area contributed by atoms with E-state index in [1.165, 1.54) is 24.8 Å². The highest BCUT2D eigenvalue weighted by Crippen LogP contribution is 2.68. The number of hydrogen-bond acceptors (Lipinski definition) is 4. The lowest BCUT2D eigenvalue weighted by Crippen LogP contribution is -2.58. The summed E-state index contributed by atoms with van der Waals surface area (Å²) >= 11 is 4.05. The smallest absolute Gasteiger partial charge is 0.0849 e. The topological polar surface area (TPSA) is 80.9 Å². The molecule has 0 aromatic rings. The number of rotatable bonds is 6. The predicted octanol–water partition coefficient (Wildman–Crippen LogP) is 4.82. The molecule has 0 radical (unpaired) electrons. The average molecular weight is 514 g/mol. The summed E-state index contributed by atoms with van der Waals surface area (Å²) in [7, 11) is 0. The van der Waals surface area contributed by atoms with Gasteiger partial charge < -0.3 is 20.4 Å². The van der Waals surface area contributed by atoms with Crippen LogP contribution in [-0.4, -0.2) is 49.7 Å². The molecule has 4 aliphatic rings. The Morgan fingerprint density at radius 2 is 1.91 bits per heavy atom. The molecule has 0 aromatic heterocycles. The molecule has 0 bridgehead atoms. The lowest BCUT2D eigenvalue weighted by atomic mass is 9.46. The second-order valence-electron chi connectivity index (χ2n) is 12.6. The molecule has 4 rings (SSSR count). The van der Waals surface area contributed by atoms with Gasteiger partial charge in [0.1, 0.15) is 0 Å². The van der Waals surface area contributed by atoms with E-state index in [-0.39, 0.29) is 12.0 Å². The first-order valence-corrected chi connectivity index (χ1v) is 13.9. The number of halogens is 1. The molecule has 0 saturated heterocycles. The van der Waals surface area contributed by atoms with Gasteiger partial charge >= 0.3 is 0 Å². The van der Waals surface area contributed by atoms with Gasteiger partial charge in [0.15, 0.2) is 0 Å². The summed E-state index contributed by atoms with van der Waals surface area (Å²) in [6, 6.07) is 0. The number of allylic oxidation sites excluding steroid dienone is 1. The zero-order chi connectivity index (χ0) is 23.5. The van der Waals surface area contributed by atoms with Crippen molar-refractivity contribution in [3.05, 3.63) is 11.6 Å². The number of aliphatic hydroxyl groups is 4. The van der Waals surface area contributed by atoms with Crippen molar-refractivity contribution in [2.45, 2.75) is 108 Å². The maximum atomic E-state index is 11.1. The minimum atomic E-state index is -0.959. The highest BCUT2D eigenvalue weighted by molar-refractivity contribution is 9.09. The van der Waals surface area contributed by atoms with Crippen LogP contribution in [0.25, 0.3) is 0 Å². The van der Waals surface area contributed by atoms with Crippen LogP contribution in [0.3, 0.4) is 0 Å². The largest absolute Gasteiger partial charge is 0.393 e. The van der Waals surface area contributed by atoms with Crippen LogP contribution in [0.1, 0.15) is 85.5 Å². The van der Waals surface area contributed by atoms with E-state index in [9.17, 15) is 20.4 Å². The van der Waals surface area contributed by atoms with Gasteiger partial charge in [-0.25, -0.2) is 0 Å². The van der Waals surface area contributed by atoms with Gasteiger partial charge in [0.05, 0.1) is 24.4 Å². The maximum absolute atomic E-state index is 11.1. The first-order valence-electron chi connectivity index (χ1n) is 13.0. The standard InChI is InChI=1S/C27H45BrO4/c1-16(6-5-10-25(2,32)15-29)19-7-8-20-24-21(9-11-26(19,20)3)27(4)17(13-22(24)28)12-18(30)14-23(27)31/h13,16,18-24,29-32H,5-12,14-15H2,1-4H3/t16-,18-,19-,20+,21+,22?,23+,24+,25-,26-,27+/m1/s1. The number of alkyl halides is 1. The SMILES string of the molecule is C[C@H](CCC[C@@](C)(O)CO)[C@H]1CC[C@H]2[C@@H]3C(Br)C=C4C[C@@H](O)C[C@H](O)[C@]4(C)[C@H]3CC[C@]12C. The molecule has 3 fully saturated rings. The number of aliphatic hydroxyl groups excluding tert-OH is 3. The lowest BCUT2D eigenvalue weighted by molar-refractivity contribution is -0.106. The first kappa shape index (κ1) is 25.2.